The summed E-state index contributed by atoms with van der Waals surface area (Å²) in [7, 11) is -2.09. The van der Waals surface area contributed by atoms with Crippen molar-refractivity contribution in [1.29, 1.82) is 0 Å². The Kier molecular flexibility index (Phi) is 6.09. The molecule has 0 aliphatic carbocycles. The smallest absolute Gasteiger partial charge is 0.248 e. The van der Waals surface area contributed by atoms with Crippen molar-refractivity contribution in [2.75, 3.05) is 20.1 Å². The average Bonchev–Trinajstić information content (AvgIpc) is 3.05. The monoisotopic (exact) mass is 423 g/mol. The first-order valence-electron chi connectivity index (χ1n) is 9.58. The van der Waals surface area contributed by atoms with E-state index >= 15 is 0 Å². The number of carbonyl (C=O) groups is 1. The maximum absolute atomic E-state index is 13.2. The second-order valence-electron chi connectivity index (χ2n) is 7.53. The van der Waals surface area contributed by atoms with Crippen molar-refractivity contribution in [3.8, 4) is 0 Å². The van der Waals surface area contributed by atoms with Crippen LogP contribution in [-0.2, 0) is 14.8 Å². The van der Waals surface area contributed by atoms with Gasteiger partial charge in [-0.15, -0.1) is 0 Å². The summed E-state index contributed by atoms with van der Waals surface area (Å²) < 4.78 is 45.7. The molecule has 2 atom stereocenters. The molecule has 1 saturated heterocycles. The molecule has 0 bridgehead atoms. The van der Waals surface area contributed by atoms with Crippen LogP contribution < -0.4 is 0 Å². The van der Waals surface area contributed by atoms with Gasteiger partial charge in [0.05, 0.1) is 12.0 Å². The number of amides is 1. The molecule has 2 heterocycles. The highest BCUT2D eigenvalue weighted by atomic mass is 32.2. The number of aryl methyl sites for hydroxylation is 2. The zero-order chi connectivity index (χ0) is 21.3. The molecule has 0 spiro atoms. The van der Waals surface area contributed by atoms with Crippen molar-refractivity contribution >= 4 is 15.9 Å². The van der Waals surface area contributed by atoms with Crippen LogP contribution >= 0.6 is 0 Å². The quantitative estimate of drug-likeness (QED) is 0.738. The Morgan fingerprint density at radius 3 is 2.55 bits per heavy atom. The van der Waals surface area contributed by atoms with E-state index in [2.05, 4.69) is 5.16 Å². The summed E-state index contributed by atoms with van der Waals surface area (Å²) in [6.07, 6.45) is 1.21. The summed E-state index contributed by atoms with van der Waals surface area (Å²) in [5, 5.41) is 3.74. The van der Waals surface area contributed by atoms with Crippen LogP contribution in [0.4, 0.5) is 4.39 Å². The number of aromatic nitrogens is 1. The molecule has 1 aliphatic rings. The lowest BCUT2D eigenvalue weighted by Crippen LogP contribution is -2.46. The van der Waals surface area contributed by atoms with Gasteiger partial charge >= 0.3 is 0 Å². The van der Waals surface area contributed by atoms with Crippen LogP contribution in [-0.4, -0.2) is 48.8 Å². The van der Waals surface area contributed by atoms with Crippen molar-refractivity contribution in [2.24, 2.45) is 5.92 Å². The molecule has 1 fully saturated rings. The highest BCUT2D eigenvalue weighted by Crippen LogP contribution is 2.30. The predicted octanol–water partition coefficient (Wildman–Crippen LogP) is 3.05. The zero-order valence-electron chi connectivity index (χ0n) is 17.1. The van der Waals surface area contributed by atoms with Gasteiger partial charge in [0.1, 0.15) is 16.4 Å². The SMILES string of the molecule is Cc1noc(C)c1S(=O)(=O)N1CCCC(C(=O)N(C)C(C)c2ccc(F)cc2)C1. The van der Waals surface area contributed by atoms with Gasteiger partial charge < -0.3 is 9.42 Å². The van der Waals surface area contributed by atoms with Crippen LogP contribution in [0, 0.1) is 25.6 Å². The van der Waals surface area contributed by atoms with E-state index in [1.807, 2.05) is 6.92 Å². The van der Waals surface area contributed by atoms with Gasteiger partial charge in [0.15, 0.2) is 5.76 Å². The number of sulfonamides is 1. The summed E-state index contributed by atoms with van der Waals surface area (Å²) in [6.45, 7) is 5.50. The van der Waals surface area contributed by atoms with Crippen molar-refractivity contribution in [3.63, 3.8) is 0 Å². The number of nitrogens with zero attached hydrogens (tertiary/aromatic N) is 3. The van der Waals surface area contributed by atoms with Gasteiger partial charge in [0, 0.05) is 20.1 Å². The Hall–Kier alpha value is -2.26. The standard InChI is InChI=1S/C20H26FN3O4S/c1-13-19(15(3)28-22-13)29(26,27)24-11-5-6-17(12-24)20(25)23(4)14(2)16-7-9-18(21)10-8-16/h7-10,14,17H,5-6,11-12H2,1-4H3. The van der Waals surface area contributed by atoms with Crippen molar-refractivity contribution in [2.45, 2.75) is 44.6 Å². The fourth-order valence-corrected chi connectivity index (χ4v) is 5.59. The lowest BCUT2D eigenvalue weighted by Gasteiger charge is -2.35. The molecular formula is C20H26FN3O4S. The number of piperidine rings is 1. The highest BCUT2D eigenvalue weighted by molar-refractivity contribution is 7.89. The van der Waals surface area contributed by atoms with Crippen molar-refractivity contribution in [3.05, 3.63) is 47.1 Å². The number of hydrogen-bond donors (Lipinski definition) is 0. The van der Waals surface area contributed by atoms with Gasteiger partial charge in [-0.25, -0.2) is 12.8 Å². The summed E-state index contributed by atoms with van der Waals surface area (Å²) in [5.74, 6) is -0.646. The fourth-order valence-electron chi connectivity index (χ4n) is 3.78. The predicted molar refractivity (Wildman–Crippen MR) is 105 cm³/mol. The van der Waals surface area contributed by atoms with E-state index in [-0.39, 0.29) is 35.0 Å². The maximum Gasteiger partial charge on any atom is 0.248 e. The van der Waals surface area contributed by atoms with Crippen LogP contribution in [0.3, 0.4) is 0 Å². The summed E-state index contributed by atoms with van der Waals surface area (Å²) >= 11 is 0. The lowest BCUT2D eigenvalue weighted by molar-refractivity contribution is -0.137. The fraction of sp³-hybridized carbons (Fsp3) is 0.500. The van der Waals surface area contributed by atoms with Crippen LogP contribution in [0.1, 0.15) is 42.8 Å². The number of rotatable bonds is 5. The second-order valence-corrected chi connectivity index (χ2v) is 9.41. The molecule has 7 nitrogen and oxygen atoms in total. The van der Waals surface area contributed by atoms with E-state index in [1.54, 1.807) is 37.9 Å². The van der Waals surface area contributed by atoms with E-state index in [0.29, 0.717) is 25.1 Å². The third kappa shape index (κ3) is 4.20. The third-order valence-electron chi connectivity index (χ3n) is 5.58. The Balaban J connectivity index is 1.76. The topological polar surface area (TPSA) is 83.7 Å². The molecule has 158 valence electrons. The van der Waals surface area contributed by atoms with Gasteiger partial charge in [0.25, 0.3) is 0 Å². The molecule has 0 radical (unpaired) electrons. The van der Waals surface area contributed by atoms with E-state index in [9.17, 15) is 17.6 Å². The molecule has 2 aromatic rings. The first-order chi connectivity index (χ1) is 13.6. The van der Waals surface area contributed by atoms with Gasteiger partial charge in [-0.1, -0.05) is 17.3 Å². The van der Waals surface area contributed by atoms with Crippen LogP contribution in [0.2, 0.25) is 0 Å². The largest absolute Gasteiger partial charge is 0.360 e. The second kappa shape index (κ2) is 8.23. The number of halogens is 1. The first kappa shape index (κ1) is 21.4. The van der Waals surface area contributed by atoms with Gasteiger partial charge in [-0.2, -0.15) is 4.31 Å². The Morgan fingerprint density at radius 2 is 1.97 bits per heavy atom. The van der Waals surface area contributed by atoms with E-state index < -0.39 is 15.9 Å². The minimum atomic E-state index is -3.78. The number of carbonyl (C=O) groups excluding carboxylic acids is 1. The summed E-state index contributed by atoms with van der Waals surface area (Å²) in [5.41, 5.74) is 1.14. The van der Waals surface area contributed by atoms with E-state index in [0.717, 1.165) is 5.56 Å². The minimum Gasteiger partial charge on any atom is -0.360 e. The summed E-state index contributed by atoms with van der Waals surface area (Å²) in [4.78, 5) is 14.8. The number of hydrogen-bond acceptors (Lipinski definition) is 5. The highest BCUT2D eigenvalue weighted by Gasteiger charge is 2.37. The normalized spacial score (nSPS) is 19.1. The van der Waals surface area contributed by atoms with Gasteiger partial charge in [0.2, 0.25) is 15.9 Å². The maximum atomic E-state index is 13.2. The van der Waals surface area contributed by atoms with Gasteiger partial charge in [-0.3, -0.25) is 4.79 Å². The molecule has 29 heavy (non-hydrogen) atoms. The Bertz CT molecular complexity index is 968. The van der Waals surface area contributed by atoms with Crippen LogP contribution in [0.25, 0.3) is 0 Å². The Morgan fingerprint density at radius 1 is 1.31 bits per heavy atom. The van der Waals surface area contributed by atoms with Crippen LogP contribution in [0.5, 0.6) is 0 Å². The molecule has 1 aromatic heterocycles. The van der Waals surface area contributed by atoms with E-state index in [4.69, 9.17) is 4.52 Å². The molecule has 2 unspecified atom stereocenters. The third-order valence-corrected chi connectivity index (χ3v) is 7.69. The van der Waals surface area contributed by atoms with Crippen molar-refractivity contribution < 1.29 is 22.1 Å². The Labute approximate surface area is 170 Å². The molecular weight excluding hydrogens is 397 g/mol. The number of benzene rings is 1. The molecule has 1 aromatic carbocycles. The molecule has 1 amide bonds. The average molecular weight is 424 g/mol. The van der Waals surface area contributed by atoms with Crippen molar-refractivity contribution in [1.82, 2.24) is 14.4 Å². The molecule has 0 saturated carbocycles. The van der Waals surface area contributed by atoms with Crippen LogP contribution in [0.15, 0.2) is 33.7 Å². The zero-order valence-corrected chi connectivity index (χ0v) is 17.9. The molecule has 0 N–H and O–H groups in total. The summed E-state index contributed by atoms with van der Waals surface area (Å²) in [6, 6.07) is 5.78. The lowest BCUT2D eigenvalue weighted by atomic mass is 9.97. The van der Waals surface area contributed by atoms with Gasteiger partial charge in [-0.05, 0) is 51.3 Å². The first-order valence-corrected chi connectivity index (χ1v) is 11.0. The molecule has 9 heteroatoms. The minimum absolute atomic E-state index is 0.0821. The van der Waals surface area contributed by atoms with E-state index in [1.165, 1.54) is 16.4 Å². The molecule has 3 rings (SSSR count). The molecule has 1 aliphatic heterocycles.